The van der Waals surface area contributed by atoms with Crippen molar-refractivity contribution in [1.82, 2.24) is 9.97 Å². The van der Waals surface area contributed by atoms with Crippen molar-refractivity contribution in [3.63, 3.8) is 0 Å². The fourth-order valence-electron chi connectivity index (χ4n) is 3.73. The van der Waals surface area contributed by atoms with E-state index >= 15 is 0 Å². The van der Waals surface area contributed by atoms with Crippen molar-refractivity contribution in [2.24, 2.45) is 0 Å². The lowest BCUT2D eigenvalue weighted by Crippen LogP contribution is -2.38. The number of ether oxygens (including phenoxy) is 2. The van der Waals surface area contributed by atoms with Crippen LogP contribution in [0.4, 0.5) is 15.9 Å². The molecular weight excluding hydrogens is 480 g/mol. The van der Waals surface area contributed by atoms with Crippen LogP contribution in [0.2, 0.25) is 10.0 Å². The van der Waals surface area contributed by atoms with Crippen molar-refractivity contribution in [1.29, 1.82) is 5.41 Å². The van der Waals surface area contributed by atoms with Crippen LogP contribution in [-0.4, -0.2) is 35.9 Å². The van der Waals surface area contributed by atoms with Crippen molar-refractivity contribution in [2.75, 3.05) is 30.8 Å². The van der Waals surface area contributed by atoms with E-state index in [0.29, 0.717) is 49.7 Å². The summed E-state index contributed by atoms with van der Waals surface area (Å²) in [5, 5.41) is 9.44. The average Bonchev–Trinajstić information content (AvgIpc) is 2.77. The lowest BCUT2D eigenvalue weighted by molar-refractivity contribution is 0.216. The summed E-state index contributed by atoms with van der Waals surface area (Å²) in [6, 6.07) is 4.45. The fourth-order valence-corrected chi connectivity index (χ4v) is 4.38. The topological polar surface area (TPSA) is 97.4 Å². The van der Waals surface area contributed by atoms with Crippen molar-refractivity contribution in [2.45, 2.75) is 26.4 Å². The summed E-state index contributed by atoms with van der Waals surface area (Å²) in [5.41, 5.74) is 8.36. The molecule has 4 rings (SSSR count). The van der Waals surface area contributed by atoms with Gasteiger partial charge in [-0.3, -0.25) is 10.4 Å². The van der Waals surface area contributed by atoms with E-state index in [1.54, 1.807) is 26.0 Å². The fraction of sp³-hybridized carbons (Fsp3) is 0.292. The average molecular weight is 504 g/mol. The highest BCUT2D eigenvalue weighted by Gasteiger charge is 2.23. The van der Waals surface area contributed by atoms with Crippen LogP contribution in [0.25, 0.3) is 0 Å². The van der Waals surface area contributed by atoms with Gasteiger partial charge in [-0.25, -0.2) is 9.37 Å². The predicted octanol–water partition coefficient (Wildman–Crippen LogP) is 5.59. The van der Waals surface area contributed by atoms with Gasteiger partial charge in [-0.1, -0.05) is 23.2 Å². The maximum absolute atomic E-state index is 14.7. The van der Waals surface area contributed by atoms with E-state index < -0.39 is 11.9 Å². The molecule has 3 aromatic rings. The van der Waals surface area contributed by atoms with Crippen LogP contribution in [0, 0.1) is 18.2 Å². The number of nitrogens with one attached hydrogen (secondary N) is 1. The number of hydrogen-bond acceptors (Lipinski definition) is 7. The number of rotatable bonds is 7. The molecule has 7 nitrogen and oxygen atoms in total. The molecule has 1 aliphatic rings. The van der Waals surface area contributed by atoms with Crippen molar-refractivity contribution < 1.29 is 13.9 Å². The normalized spacial score (nSPS) is 13.9. The van der Waals surface area contributed by atoms with Gasteiger partial charge < -0.3 is 20.1 Å². The Balaban J connectivity index is 1.67. The van der Waals surface area contributed by atoms with E-state index in [0.717, 1.165) is 19.5 Å². The molecule has 1 atom stereocenters. The van der Waals surface area contributed by atoms with Crippen LogP contribution in [0.1, 0.15) is 41.8 Å². The van der Waals surface area contributed by atoms with Crippen LogP contribution in [0.15, 0.2) is 30.6 Å². The highest BCUT2D eigenvalue weighted by molar-refractivity contribution is 6.36. The van der Waals surface area contributed by atoms with Gasteiger partial charge in [0.05, 0.1) is 28.6 Å². The number of aryl methyl sites for hydroxylation is 1. The Kier molecular flexibility index (Phi) is 6.81. The number of anilines is 2. The molecule has 0 radical (unpaired) electrons. The predicted molar refractivity (Wildman–Crippen MR) is 132 cm³/mol. The molecule has 0 saturated carbocycles. The van der Waals surface area contributed by atoms with Gasteiger partial charge in [0.25, 0.3) is 0 Å². The van der Waals surface area contributed by atoms with E-state index in [1.807, 2.05) is 4.90 Å². The largest absolute Gasteiger partial charge is 0.493 e. The molecule has 0 amide bonds. The Hall–Kier alpha value is -3.10. The molecule has 1 aromatic carbocycles. The molecule has 3 N–H and O–H groups in total. The summed E-state index contributed by atoms with van der Waals surface area (Å²) in [7, 11) is 1.49. The van der Waals surface area contributed by atoms with E-state index in [1.165, 1.54) is 25.6 Å². The van der Waals surface area contributed by atoms with E-state index in [2.05, 4.69) is 9.97 Å². The maximum atomic E-state index is 14.7. The van der Waals surface area contributed by atoms with Gasteiger partial charge in [-0.15, -0.1) is 0 Å². The molecule has 2 aromatic heterocycles. The van der Waals surface area contributed by atoms with Gasteiger partial charge >= 0.3 is 0 Å². The van der Waals surface area contributed by atoms with Gasteiger partial charge in [0.2, 0.25) is 0 Å². The van der Waals surface area contributed by atoms with Crippen molar-refractivity contribution in [3.8, 4) is 11.5 Å². The first-order valence-corrected chi connectivity index (χ1v) is 11.4. The van der Waals surface area contributed by atoms with Crippen LogP contribution in [-0.2, 0) is 0 Å². The van der Waals surface area contributed by atoms with Crippen LogP contribution >= 0.6 is 23.2 Å². The molecule has 0 unspecified atom stereocenters. The van der Waals surface area contributed by atoms with Gasteiger partial charge in [-0.2, -0.15) is 0 Å². The summed E-state index contributed by atoms with van der Waals surface area (Å²) >= 11 is 12.8. The minimum atomic E-state index is -0.559. The summed E-state index contributed by atoms with van der Waals surface area (Å²) in [5.74, 6) is 0.522. The second-order valence-corrected chi connectivity index (χ2v) is 8.80. The van der Waals surface area contributed by atoms with Gasteiger partial charge in [0.1, 0.15) is 6.10 Å². The number of aromatic nitrogens is 2. The van der Waals surface area contributed by atoms with Crippen molar-refractivity contribution in [3.05, 3.63) is 68.8 Å². The number of pyridine rings is 2. The monoisotopic (exact) mass is 503 g/mol. The van der Waals surface area contributed by atoms with Crippen molar-refractivity contribution >= 4 is 40.4 Å². The standard InChI is InChI=1S/C24H24Cl2FN5O2/c1-12-22(26)21(16(25)11-30-12)13(2)34-20-8-15(18(28)9-19(20)33-3)23(29)14-7-17(27)24(31-10-14)32-5-4-6-32/h7-11,13,29H,4-6,28H2,1-3H3/t13-/m1/s1. The molecule has 0 bridgehead atoms. The molecule has 0 spiro atoms. The van der Waals surface area contributed by atoms with E-state index in [9.17, 15) is 4.39 Å². The Morgan fingerprint density at radius 1 is 1.18 bits per heavy atom. The maximum Gasteiger partial charge on any atom is 0.166 e. The molecule has 1 aliphatic heterocycles. The number of nitrogens with zero attached hydrogens (tertiary/aromatic N) is 3. The number of hydrogen-bond donors (Lipinski definition) is 2. The SMILES string of the molecule is COc1cc(N)c(C(=N)c2cnc(N3CCC3)c(F)c2)cc1O[C@H](C)c1c(Cl)cnc(C)c1Cl. The third-order valence-corrected chi connectivity index (χ3v) is 6.54. The molecule has 34 heavy (non-hydrogen) atoms. The summed E-state index contributed by atoms with van der Waals surface area (Å²) in [4.78, 5) is 10.2. The lowest BCUT2D eigenvalue weighted by Gasteiger charge is -2.32. The van der Waals surface area contributed by atoms with Gasteiger partial charge in [0.15, 0.2) is 23.1 Å². The molecule has 0 aliphatic carbocycles. The second kappa shape index (κ2) is 9.64. The quantitative estimate of drug-likeness (QED) is 0.322. The Labute approximate surface area is 207 Å². The minimum Gasteiger partial charge on any atom is -0.493 e. The Morgan fingerprint density at radius 2 is 1.91 bits per heavy atom. The first-order chi connectivity index (χ1) is 16.2. The molecule has 1 saturated heterocycles. The zero-order valence-corrected chi connectivity index (χ0v) is 20.5. The summed E-state index contributed by atoms with van der Waals surface area (Å²) in [6.45, 7) is 5.12. The smallest absolute Gasteiger partial charge is 0.166 e. The number of methoxy groups -OCH3 is 1. The highest BCUT2D eigenvalue weighted by atomic mass is 35.5. The number of benzene rings is 1. The second-order valence-electron chi connectivity index (χ2n) is 8.01. The van der Waals surface area contributed by atoms with Crippen LogP contribution in [0.5, 0.6) is 11.5 Å². The van der Waals surface area contributed by atoms with E-state index in [-0.39, 0.29) is 11.4 Å². The van der Waals surface area contributed by atoms with Gasteiger partial charge in [-0.05, 0) is 32.4 Å². The zero-order chi connectivity index (χ0) is 24.6. The first kappa shape index (κ1) is 24.0. The molecule has 178 valence electrons. The third-order valence-electron chi connectivity index (χ3n) is 5.76. The molecule has 3 heterocycles. The Bertz CT molecular complexity index is 1270. The van der Waals surface area contributed by atoms with Crippen LogP contribution in [0.3, 0.4) is 0 Å². The minimum absolute atomic E-state index is 0.00929. The summed E-state index contributed by atoms with van der Waals surface area (Å²) < 4.78 is 26.2. The third kappa shape index (κ3) is 4.48. The number of nitrogens with two attached hydrogens (primary N) is 1. The first-order valence-electron chi connectivity index (χ1n) is 10.7. The molecular formula is C24H24Cl2FN5O2. The molecule has 1 fully saturated rings. The lowest BCUT2D eigenvalue weighted by atomic mass is 10.0. The molecule has 10 heteroatoms. The summed E-state index contributed by atoms with van der Waals surface area (Å²) in [6.07, 6.45) is 3.45. The number of halogens is 3. The zero-order valence-electron chi connectivity index (χ0n) is 19.0. The number of nitrogen functional groups attached to an aromatic ring is 1. The van der Waals surface area contributed by atoms with Gasteiger partial charge in [0, 0.05) is 53.9 Å². The highest BCUT2D eigenvalue weighted by Crippen LogP contribution is 2.39. The Morgan fingerprint density at radius 3 is 2.53 bits per heavy atom. The van der Waals surface area contributed by atoms with Crippen LogP contribution < -0.4 is 20.1 Å². The van der Waals surface area contributed by atoms with E-state index in [4.69, 9.17) is 43.8 Å².